The summed E-state index contributed by atoms with van der Waals surface area (Å²) in [5.74, 6) is -0.329. The third-order valence-electron chi connectivity index (χ3n) is 4.21. The summed E-state index contributed by atoms with van der Waals surface area (Å²) in [4.78, 5) is 0. The first-order valence-corrected chi connectivity index (χ1v) is 9.68. The molecule has 1 atom stereocenters. The van der Waals surface area contributed by atoms with Crippen molar-refractivity contribution in [2.75, 3.05) is 5.75 Å². The summed E-state index contributed by atoms with van der Waals surface area (Å²) in [6.45, 7) is 1.89. The molecule has 124 valence electrons. The number of benzene rings is 3. The summed E-state index contributed by atoms with van der Waals surface area (Å²) >= 11 is 0. The number of aryl methyl sites for hydroxylation is 1. The third kappa shape index (κ3) is 3.83. The Morgan fingerprint density at radius 1 is 0.917 bits per heavy atom. The first-order chi connectivity index (χ1) is 11.4. The van der Waals surface area contributed by atoms with E-state index in [1.807, 2.05) is 67.6 Å². The highest BCUT2D eigenvalue weighted by Crippen LogP contribution is 2.23. The topological polar surface area (TPSA) is 54.4 Å². The van der Waals surface area contributed by atoms with Crippen LogP contribution in [0.2, 0.25) is 0 Å². The van der Waals surface area contributed by atoms with Crippen LogP contribution in [0.15, 0.2) is 66.7 Å². The predicted molar refractivity (Wildman–Crippen MR) is 97.6 cm³/mol. The SMILES string of the molecule is Cc1ccccc1CS(=O)(=O)CC(O)c1ccc2ccccc2c1. The summed E-state index contributed by atoms with van der Waals surface area (Å²) < 4.78 is 24.9. The molecule has 0 aliphatic carbocycles. The monoisotopic (exact) mass is 340 g/mol. The molecule has 0 heterocycles. The Bertz CT molecular complexity index is 961. The molecule has 0 aromatic heterocycles. The molecule has 0 saturated carbocycles. The van der Waals surface area contributed by atoms with Crippen molar-refractivity contribution in [3.05, 3.63) is 83.4 Å². The van der Waals surface area contributed by atoms with E-state index >= 15 is 0 Å². The number of hydrogen-bond donors (Lipinski definition) is 1. The first kappa shape index (κ1) is 16.7. The summed E-state index contributed by atoms with van der Waals surface area (Å²) in [7, 11) is -3.41. The van der Waals surface area contributed by atoms with Crippen molar-refractivity contribution in [3.8, 4) is 0 Å². The second-order valence-electron chi connectivity index (χ2n) is 6.10. The predicted octanol–water partition coefficient (Wildman–Crippen LogP) is 3.80. The third-order valence-corrected chi connectivity index (χ3v) is 5.78. The van der Waals surface area contributed by atoms with E-state index in [0.717, 1.165) is 21.9 Å². The van der Waals surface area contributed by atoms with E-state index in [1.54, 1.807) is 6.07 Å². The zero-order valence-corrected chi connectivity index (χ0v) is 14.3. The molecule has 0 aliphatic rings. The van der Waals surface area contributed by atoms with Crippen LogP contribution in [0, 0.1) is 6.92 Å². The van der Waals surface area contributed by atoms with Crippen LogP contribution in [0.4, 0.5) is 0 Å². The van der Waals surface area contributed by atoms with Crippen molar-refractivity contribution < 1.29 is 13.5 Å². The van der Waals surface area contributed by atoms with Crippen molar-refractivity contribution in [2.24, 2.45) is 0 Å². The molecule has 3 nitrogen and oxygen atoms in total. The van der Waals surface area contributed by atoms with Gasteiger partial charge in [0.25, 0.3) is 0 Å². The number of sulfone groups is 1. The van der Waals surface area contributed by atoms with Gasteiger partial charge >= 0.3 is 0 Å². The van der Waals surface area contributed by atoms with E-state index in [0.29, 0.717) is 5.56 Å². The Labute approximate surface area is 142 Å². The van der Waals surface area contributed by atoms with Gasteiger partial charge < -0.3 is 5.11 Å². The van der Waals surface area contributed by atoms with E-state index in [4.69, 9.17) is 0 Å². The van der Waals surface area contributed by atoms with E-state index < -0.39 is 15.9 Å². The standard InChI is InChI=1S/C20H20O3S/c1-15-6-2-3-9-19(15)13-24(22,23)14-20(21)18-11-10-16-7-4-5-8-17(16)12-18/h2-12,20-21H,13-14H2,1H3. The molecule has 24 heavy (non-hydrogen) atoms. The Morgan fingerprint density at radius 3 is 2.33 bits per heavy atom. The molecule has 0 bridgehead atoms. The van der Waals surface area contributed by atoms with Gasteiger partial charge in [0.1, 0.15) is 0 Å². The lowest BCUT2D eigenvalue weighted by atomic mass is 10.0. The molecule has 0 saturated heterocycles. The fourth-order valence-electron chi connectivity index (χ4n) is 2.82. The molecule has 0 fully saturated rings. The van der Waals surface area contributed by atoms with Gasteiger partial charge in [-0.15, -0.1) is 0 Å². The minimum Gasteiger partial charge on any atom is -0.387 e. The van der Waals surface area contributed by atoms with Crippen LogP contribution >= 0.6 is 0 Å². The highest BCUT2D eigenvalue weighted by Gasteiger charge is 2.20. The maximum atomic E-state index is 12.4. The van der Waals surface area contributed by atoms with Crippen molar-refractivity contribution in [1.82, 2.24) is 0 Å². The van der Waals surface area contributed by atoms with E-state index in [1.165, 1.54) is 0 Å². The van der Waals surface area contributed by atoms with Crippen LogP contribution in [0.5, 0.6) is 0 Å². The summed E-state index contributed by atoms with van der Waals surface area (Å²) in [5, 5.41) is 12.4. The maximum Gasteiger partial charge on any atom is 0.157 e. The molecule has 0 aliphatic heterocycles. The average molecular weight is 340 g/mol. The van der Waals surface area contributed by atoms with Crippen LogP contribution in [0.1, 0.15) is 22.8 Å². The Kier molecular flexibility index (Phi) is 4.69. The largest absolute Gasteiger partial charge is 0.387 e. The highest BCUT2D eigenvalue weighted by molar-refractivity contribution is 7.90. The molecule has 0 amide bonds. The van der Waals surface area contributed by atoms with Crippen LogP contribution < -0.4 is 0 Å². The summed E-state index contributed by atoms with van der Waals surface area (Å²) in [5.41, 5.74) is 2.35. The molecule has 1 N–H and O–H groups in total. The number of rotatable bonds is 5. The number of fused-ring (bicyclic) bond motifs is 1. The smallest absolute Gasteiger partial charge is 0.157 e. The van der Waals surface area contributed by atoms with Crippen molar-refractivity contribution in [3.63, 3.8) is 0 Å². The molecular weight excluding hydrogens is 320 g/mol. The second-order valence-corrected chi connectivity index (χ2v) is 8.21. The van der Waals surface area contributed by atoms with Crippen molar-refractivity contribution >= 4 is 20.6 Å². The van der Waals surface area contributed by atoms with Gasteiger partial charge in [-0.3, -0.25) is 0 Å². The van der Waals surface area contributed by atoms with Gasteiger partial charge in [-0.25, -0.2) is 8.42 Å². The minimum atomic E-state index is -3.41. The van der Waals surface area contributed by atoms with Gasteiger partial charge in [0.2, 0.25) is 0 Å². The van der Waals surface area contributed by atoms with Gasteiger partial charge in [-0.05, 0) is 40.5 Å². The molecule has 4 heteroatoms. The quantitative estimate of drug-likeness (QED) is 0.769. The second kappa shape index (κ2) is 6.75. The lowest BCUT2D eigenvalue weighted by Crippen LogP contribution is -2.16. The zero-order chi connectivity index (χ0) is 17.2. The van der Waals surface area contributed by atoms with Crippen molar-refractivity contribution in [2.45, 2.75) is 18.8 Å². The van der Waals surface area contributed by atoms with Gasteiger partial charge in [-0.2, -0.15) is 0 Å². The van der Waals surface area contributed by atoms with Crippen LogP contribution in [0.25, 0.3) is 10.8 Å². The summed E-state index contributed by atoms with van der Waals surface area (Å²) in [6, 6.07) is 20.8. The molecule has 0 spiro atoms. The highest BCUT2D eigenvalue weighted by atomic mass is 32.2. The van der Waals surface area contributed by atoms with Gasteiger partial charge in [-0.1, -0.05) is 60.7 Å². The molecule has 3 aromatic rings. The van der Waals surface area contributed by atoms with Gasteiger partial charge in [0, 0.05) is 0 Å². The molecule has 1 unspecified atom stereocenters. The molecular formula is C20H20O3S. The Hall–Kier alpha value is -2.17. The number of aliphatic hydroxyl groups is 1. The van der Waals surface area contributed by atoms with Crippen molar-refractivity contribution in [1.29, 1.82) is 0 Å². The maximum absolute atomic E-state index is 12.4. The average Bonchev–Trinajstić information content (AvgIpc) is 2.56. The fraction of sp³-hybridized carbons (Fsp3) is 0.200. The lowest BCUT2D eigenvalue weighted by molar-refractivity contribution is 0.202. The van der Waals surface area contributed by atoms with Gasteiger partial charge in [0.05, 0.1) is 17.6 Å². The molecule has 3 rings (SSSR count). The van der Waals surface area contributed by atoms with E-state index in [9.17, 15) is 13.5 Å². The lowest BCUT2D eigenvalue weighted by Gasteiger charge is -2.13. The number of hydrogen-bond acceptors (Lipinski definition) is 3. The first-order valence-electron chi connectivity index (χ1n) is 7.86. The van der Waals surface area contributed by atoms with Crippen LogP contribution in [-0.4, -0.2) is 19.3 Å². The number of aliphatic hydroxyl groups excluding tert-OH is 1. The van der Waals surface area contributed by atoms with E-state index in [2.05, 4.69) is 0 Å². The summed E-state index contributed by atoms with van der Waals surface area (Å²) in [6.07, 6.45) is -1.02. The minimum absolute atomic E-state index is 0.0513. The normalized spacial score (nSPS) is 13.1. The van der Waals surface area contributed by atoms with Crippen LogP contribution in [0.3, 0.4) is 0 Å². The Balaban J connectivity index is 1.79. The Morgan fingerprint density at radius 2 is 1.58 bits per heavy atom. The fourth-order valence-corrected chi connectivity index (χ4v) is 4.41. The zero-order valence-electron chi connectivity index (χ0n) is 13.5. The van der Waals surface area contributed by atoms with E-state index in [-0.39, 0.29) is 11.5 Å². The van der Waals surface area contributed by atoms with Gasteiger partial charge in [0.15, 0.2) is 9.84 Å². The van der Waals surface area contributed by atoms with Crippen LogP contribution in [-0.2, 0) is 15.6 Å². The molecule has 3 aromatic carbocycles. The molecule has 0 radical (unpaired) electrons.